The average molecular weight is 184 g/mol. The van der Waals surface area contributed by atoms with Gasteiger partial charge in [-0.3, -0.25) is 5.10 Å². The van der Waals surface area contributed by atoms with E-state index < -0.39 is 0 Å². The zero-order chi connectivity index (χ0) is 9.14. The van der Waals surface area contributed by atoms with Crippen molar-refractivity contribution in [2.75, 3.05) is 5.32 Å². The summed E-state index contributed by atoms with van der Waals surface area (Å²) >= 11 is 4.84. The van der Waals surface area contributed by atoms with Crippen molar-refractivity contribution in [3.05, 3.63) is 10.5 Å². The summed E-state index contributed by atoms with van der Waals surface area (Å²) in [7, 11) is 0. The van der Waals surface area contributed by atoms with E-state index in [1.807, 2.05) is 20.8 Å². The van der Waals surface area contributed by atoms with E-state index in [2.05, 4.69) is 20.5 Å². The van der Waals surface area contributed by atoms with Crippen LogP contribution in [0.1, 0.15) is 19.5 Å². The maximum atomic E-state index is 4.84. The Labute approximate surface area is 76.4 Å². The molecule has 0 aliphatic rings. The Morgan fingerprint density at radius 3 is 2.75 bits per heavy atom. The summed E-state index contributed by atoms with van der Waals surface area (Å²) in [4.78, 5) is 4.10. The van der Waals surface area contributed by atoms with Crippen LogP contribution in [0, 0.1) is 11.7 Å². The molecule has 0 saturated heterocycles. The summed E-state index contributed by atoms with van der Waals surface area (Å²) in [6.45, 7) is 5.96. The number of anilines is 1. The Bertz CT molecular complexity index is 317. The molecule has 1 rings (SSSR count). The standard InChI is InChI=1S/C7H12N4S/c1-4(2)8-6-5(3)10-11-7(12)9-6/h4H,1-3H3,(H2,8,9,11,12). The highest BCUT2D eigenvalue weighted by Gasteiger charge is 2.01. The molecule has 0 spiro atoms. The van der Waals surface area contributed by atoms with Crippen LogP contribution in [0.3, 0.4) is 0 Å². The fraction of sp³-hybridized carbons (Fsp3) is 0.571. The fourth-order valence-corrected chi connectivity index (χ4v) is 0.939. The first kappa shape index (κ1) is 9.12. The van der Waals surface area contributed by atoms with Gasteiger partial charge in [-0.2, -0.15) is 10.1 Å². The average Bonchev–Trinajstić information content (AvgIpc) is 1.96. The van der Waals surface area contributed by atoms with Gasteiger partial charge >= 0.3 is 0 Å². The van der Waals surface area contributed by atoms with Crippen LogP contribution in [0.25, 0.3) is 0 Å². The molecule has 4 nitrogen and oxygen atoms in total. The topological polar surface area (TPSA) is 53.6 Å². The lowest BCUT2D eigenvalue weighted by Crippen LogP contribution is -2.13. The maximum absolute atomic E-state index is 4.84. The molecule has 0 bridgehead atoms. The van der Waals surface area contributed by atoms with Crippen molar-refractivity contribution in [1.29, 1.82) is 0 Å². The minimum absolute atomic E-state index is 0.342. The molecule has 0 atom stereocenters. The molecule has 12 heavy (non-hydrogen) atoms. The number of H-pyrrole nitrogens is 1. The number of hydrogen-bond acceptors (Lipinski definition) is 4. The lowest BCUT2D eigenvalue weighted by molar-refractivity contribution is 0.849. The van der Waals surface area contributed by atoms with E-state index in [-0.39, 0.29) is 0 Å². The highest BCUT2D eigenvalue weighted by molar-refractivity contribution is 7.71. The second-order valence-electron chi connectivity index (χ2n) is 2.87. The molecule has 0 radical (unpaired) electrons. The van der Waals surface area contributed by atoms with E-state index in [4.69, 9.17) is 12.2 Å². The molecular formula is C7H12N4S. The molecule has 0 fully saturated rings. The van der Waals surface area contributed by atoms with Crippen molar-refractivity contribution >= 4 is 18.0 Å². The number of aryl methyl sites for hydroxylation is 1. The van der Waals surface area contributed by atoms with Crippen LogP contribution in [0.2, 0.25) is 0 Å². The van der Waals surface area contributed by atoms with Gasteiger partial charge in [0.25, 0.3) is 0 Å². The molecule has 0 saturated carbocycles. The number of aromatic amines is 1. The van der Waals surface area contributed by atoms with E-state index in [1.54, 1.807) is 0 Å². The fourth-order valence-electron chi connectivity index (χ4n) is 0.802. The van der Waals surface area contributed by atoms with E-state index in [1.165, 1.54) is 0 Å². The second-order valence-corrected chi connectivity index (χ2v) is 3.26. The van der Waals surface area contributed by atoms with Crippen molar-refractivity contribution in [3.63, 3.8) is 0 Å². The molecule has 0 aliphatic carbocycles. The first-order chi connectivity index (χ1) is 5.59. The smallest absolute Gasteiger partial charge is 0.215 e. The van der Waals surface area contributed by atoms with Crippen LogP contribution in [-0.4, -0.2) is 21.2 Å². The van der Waals surface area contributed by atoms with Gasteiger partial charge < -0.3 is 5.32 Å². The zero-order valence-corrected chi connectivity index (χ0v) is 8.20. The molecule has 0 unspecified atom stereocenters. The highest BCUT2D eigenvalue weighted by Crippen LogP contribution is 2.06. The van der Waals surface area contributed by atoms with Crippen molar-refractivity contribution < 1.29 is 0 Å². The van der Waals surface area contributed by atoms with Crippen molar-refractivity contribution in [3.8, 4) is 0 Å². The van der Waals surface area contributed by atoms with E-state index >= 15 is 0 Å². The Morgan fingerprint density at radius 2 is 2.17 bits per heavy atom. The van der Waals surface area contributed by atoms with Crippen molar-refractivity contribution in [1.82, 2.24) is 15.2 Å². The molecule has 66 valence electrons. The normalized spacial score (nSPS) is 10.3. The van der Waals surface area contributed by atoms with Crippen LogP contribution < -0.4 is 5.32 Å². The Hall–Kier alpha value is -0.970. The lowest BCUT2D eigenvalue weighted by Gasteiger charge is -2.09. The zero-order valence-electron chi connectivity index (χ0n) is 7.38. The van der Waals surface area contributed by atoms with Gasteiger partial charge in [-0.1, -0.05) is 0 Å². The van der Waals surface area contributed by atoms with Crippen LogP contribution in [0.4, 0.5) is 5.82 Å². The predicted molar refractivity (Wildman–Crippen MR) is 50.7 cm³/mol. The number of aromatic nitrogens is 3. The molecule has 0 aromatic carbocycles. The number of nitrogens with one attached hydrogen (secondary N) is 2. The monoisotopic (exact) mass is 184 g/mol. The first-order valence-corrected chi connectivity index (χ1v) is 4.20. The number of rotatable bonds is 2. The predicted octanol–water partition coefficient (Wildman–Crippen LogP) is 1.66. The van der Waals surface area contributed by atoms with Crippen molar-refractivity contribution in [2.45, 2.75) is 26.8 Å². The summed E-state index contributed by atoms with van der Waals surface area (Å²) in [5, 5.41) is 9.76. The minimum atomic E-state index is 0.342. The number of hydrogen-bond donors (Lipinski definition) is 2. The molecule has 0 amide bonds. The van der Waals surface area contributed by atoms with Crippen LogP contribution in [-0.2, 0) is 0 Å². The largest absolute Gasteiger partial charge is 0.366 e. The van der Waals surface area contributed by atoms with Gasteiger partial charge in [0, 0.05) is 6.04 Å². The molecule has 1 aromatic rings. The Balaban J connectivity index is 2.97. The summed E-state index contributed by atoms with van der Waals surface area (Å²) < 4.78 is 0.406. The van der Waals surface area contributed by atoms with Gasteiger partial charge in [-0.05, 0) is 33.0 Å². The van der Waals surface area contributed by atoms with Crippen LogP contribution >= 0.6 is 12.2 Å². The SMILES string of the molecule is Cc1n[nH]c(=S)nc1NC(C)C. The third-order valence-electron chi connectivity index (χ3n) is 1.30. The lowest BCUT2D eigenvalue weighted by atomic mass is 10.3. The van der Waals surface area contributed by atoms with E-state index in [0.717, 1.165) is 11.5 Å². The highest BCUT2D eigenvalue weighted by atomic mass is 32.1. The third-order valence-corrected chi connectivity index (χ3v) is 1.48. The van der Waals surface area contributed by atoms with Gasteiger partial charge in [0.15, 0.2) is 5.82 Å². The summed E-state index contributed by atoms with van der Waals surface area (Å²) in [5.41, 5.74) is 0.831. The summed E-state index contributed by atoms with van der Waals surface area (Å²) in [5.74, 6) is 0.758. The van der Waals surface area contributed by atoms with Crippen LogP contribution in [0.15, 0.2) is 0 Å². The molecule has 5 heteroatoms. The van der Waals surface area contributed by atoms with Gasteiger partial charge in [-0.25, -0.2) is 0 Å². The summed E-state index contributed by atoms with van der Waals surface area (Å²) in [6.07, 6.45) is 0. The van der Waals surface area contributed by atoms with Gasteiger partial charge in [0.1, 0.15) is 0 Å². The van der Waals surface area contributed by atoms with Crippen molar-refractivity contribution in [2.24, 2.45) is 0 Å². The van der Waals surface area contributed by atoms with Crippen LogP contribution in [0.5, 0.6) is 0 Å². The first-order valence-electron chi connectivity index (χ1n) is 3.79. The molecule has 1 aromatic heterocycles. The third kappa shape index (κ3) is 2.27. The van der Waals surface area contributed by atoms with E-state index in [0.29, 0.717) is 10.8 Å². The summed E-state index contributed by atoms with van der Waals surface area (Å²) in [6, 6.07) is 0.342. The molecule has 1 heterocycles. The minimum Gasteiger partial charge on any atom is -0.366 e. The Kier molecular flexibility index (Phi) is 2.75. The molecule has 2 N–H and O–H groups in total. The second kappa shape index (κ2) is 3.62. The molecule has 0 aliphatic heterocycles. The Morgan fingerprint density at radius 1 is 1.50 bits per heavy atom. The maximum Gasteiger partial charge on any atom is 0.215 e. The quantitative estimate of drug-likeness (QED) is 0.686. The number of nitrogens with zero attached hydrogens (tertiary/aromatic N) is 2. The van der Waals surface area contributed by atoms with Gasteiger partial charge in [-0.15, -0.1) is 0 Å². The van der Waals surface area contributed by atoms with Gasteiger partial charge in [0.05, 0.1) is 5.69 Å². The van der Waals surface area contributed by atoms with Gasteiger partial charge in [0.2, 0.25) is 4.77 Å². The van der Waals surface area contributed by atoms with E-state index in [9.17, 15) is 0 Å². The molecular weight excluding hydrogens is 172 g/mol.